The lowest BCUT2D eigenvalue weighted by Gasteiger charge is -2.43. The van der Waals surface area contributed by atoms with E-state index in [1.807, 2.05) is 0 Å². The Morgan fingerprint density at radius 3 is 1.77 bits per heavy atom. The molecule has 1 saturated heterocycles. The van der Waals surface area contributed by atoms with Crippen molar-refractivity contribution in [3.63, 3.8) is 0 Å². The van der Waals surface area contributed by atoms with Gasteiger partial charge < -0.3 is 28.4 Å². The van der Waals surface area contributed by atoms with Gasteiger partial charge in [-0.15, -0.1) is 0 Å². The molecule has 11 nitrogen and oxygen atoms in total. The predicted molar refractivity (Wildman–Crippen MR) is 79.1 cm³/mol. The van der Waals surface area contributed by atoms with Gasteiger partial charge in [-0.05, 0) is 0 Å². The Labute approximate surface area is 148 Å². The summed E-state index contributed by atoms with van der Waals surface area (Å²) in [5.74, 6) is -2.95. The molecule has 0 aromatic carbocycles. The lowest BCUT2D eigenvalue weighted by molar-refractivity contribution is -0.297. The average Bonchev–Trinajstić information content (AvgIpc) is 2.50. The van der Waals surface area contributed by atoms with E-state index in [1.165, 1.54) is 0 Å². The molecule has 0 amide bonds. The number of esters is 4. The summed E-state index contributed by atoms with van der Waals surface area (Å²) in [7, 11) is 0. The maximum absolute atomic E-state index is 11.5. The number of rotatable bonds is 7. The van der Waals surface area contributed by atoms with Gasteiger partial charge in [0.25, 0.3) is 6.47 Å². The van der Waals surface area contributed by atoms with E-state index in [9.17, 15) is 24.0 Å². The minimum absolute atomic E-state index is 0.0427. The van der Waals surface area contributed by atoms with E-state index in [0.29, 0.717) is 0 Å². The first kappa shape index (κ1) is 21.4. The zero-order valence-electron chi connectivity index (χ0n) is 14.7. The van der Waals surface area contributed by atoms with Crippen LogP contribution in [-0.4, -0.2) is 67.7 Å². The molecule has 1 heterocycles. The Morgan fingerprint density at radius 2 is 1.31 bits per heavy atom. The van der Waals surface area contributed by atoms with Gasteiger partial charge in [0.05, 0.1) is 0 Å². The van der Waals surface area contributed by atoms with Gasteiger partial charge in [0, 0.05) is 27.7 Å². The molecule has 146 valence electrons. The predicted octanol–water partition coefficient (Wildman–Crippen LogP) is -0.757. The molecule has 0 bridgehead atoms. The summed E-state index contributed by atoms with van der Waals surface area (Å²) < 4.78 is 30.3. The van der Waals surface area contributed by atoms with Crippen molar-refractivity contribution in [3.05, 3.63) is 0 Å². The SMILES string of the molecule is CC(=O)OC[C@H]1OC(OC=O)[C@H](OC(C)=O)[C@@H](OC(C)=O)[C@@H]1OC(C)=O. The summed E-state index contributed by atoms with van der Waals surface area (Å²) in [5, 5.41) is 0. The van der Waals surface area contributed by atoms with E-state index in [4.69, 9.17) is 28.4 Å². The molecule has 0 aromatic rings. The van der Waals surface area contributed by atoms with E-state index < -0.39 is 61.2 Å². The second-order valence-electron chi connectivity index (χ2n) is 5.30. The Hall–Kier alpha value is -2.69. The fourth-order valence-electron chi connectivity index (χ4n) is 2.35. The van der Waals surface area contributed by atoms with Crippen molar-refractivity contribution < 1.29 is 52.4 Å². The Morgan fingerprint density at radius 1 is 0.808 bits per heavy atom. The third-order valence-electron chi connectivity index (χ3n) is 3.14. The molecular weight excluding hydrogens is 356 g/mol. The minimum atomic E-state index is -1.48. The number of ether oxygens (including phenoxy) is 6. The van der Waals surface area contributed by atoms with Gasteiger partial charge >= 0.3 is 23.9 Å². The highest BCUT2D eigenvalue weighted by atomic mass is 16.7. The van der Waals surface area contributed by atoms with Crippen molar-refractivity contribution in [2.24, 2.45) is 0 Å². The van der Waals surface area contributed by atoms with Crippen molar-refractivity contribution >= 4 is 30.3 Å². The second kappa shape index (κ2) is 9.70. The molecule has 5 atom stereocenters. The fraction of sp³-hybridized carbons (Fsp3) is 0.667. The third kappa shape index (κ3) is 6.31. The topological polar surface area (TPSA) is 141 Å². The van der Waals surface area contributed by atoms with E-state index in [1.54, 1.807) is 0 Å². The van der Waals surface area contributed by atoms with Gasteiger partial charge in [-0.3, -0.25) is 24.0 Å². The van der Waals surface area contributed by atoms with Crippen molar-refractivity contribution in [1.82, 2.24) is 0 Å². The Bertz CT molecular complexity index is 558. The minimum Gasteiger partial charge on any atom is -0.463 e. The third-order valence-corrected chi connectivity index (χ3v) is 3.14. The maximum atomic E-state index is 11.5. The van der Waals surface area contributed by atoms with E-state index in [-0.39, 0.29) is 6.47 Å². The van der Waals surface area contributed by atoms with Crippen molar-refractivity contribution in [1.29, 1.82) is 0 Å². The smallest absolute Gasteiger partial charge is 0.303 e. The lowest BCUT2D eigenvalue weighted by atomic mass is 9.98. The largest absolute Gasteiger partial charge is 0.463 e. The van der Waals surface area contributed by atoms with Crippen LogP contribution in [0.3, 0.4) is 0 Å². The average molecular weight is 376 g/mol. The summed E-state index contributed by atoms with van der Waals surface area (Å²) in [6, 6.07) is 0. The monoisotopic (exact) mass is 376 g/mol. The molecule has 1 rings (SSSR count). The van der Waals surface area contributed by atoms with Crippen molar-refractivity contribution in [2.75, 3.05) is 6.61 Å². The van der Waals surface area contributed by atoms with Crippen molar-refractivity contribution in [3.8, 4) is 0 Å². The molecule has 11 heteroatoms. The molecular formula is C15H20O11. The van der Waals surface area contributed by atoms with Crippen LogP contribution in [0, 0.1) is 0 Å². The highest BCUT2D eigenvalue weighted by Crippen LogP contribution is 2.29. The van der Waals surface area contributed by atoms with Gasteiger partial charge in [0.2, 0.25) is 12.4 Å². The van der Waals surface area contributed by atoms with Crippen LogP contribution in [-0.2, 0) is 52.4 Å². The Balaban J connectivity index is 3.24. The van der Waals surface area contributed by atoms with Gasteiger partial charge in [-0.25, -0.2) is 0 Å². The molecule has 0 saturated carbocycles. The molecule has 0 aromatic heterocycles. The summed E-state index contributed by atoms with van der Waals surface area (Å²) in [4.78, 5) is 56.1. The Kier molecular flexibility index (Phi) is 7.97. The highest BCUT2D eigenvalue weighted by Gasteiger charge is 2.53. The molecule has 0 N–H and O–H groups in total. The molecule has 0 radical (unpaired) electrons. The van der Waals surface area contributed by atoms with Crippen LogP contribution in [0.5, 0.6) is 0 Å². The van der Waals surface area contributed by atoms with Crippen LogP contribution in [0.1, 0.15) is 27.7 Å². The van der Waals surface area contributed by atoms with Crippen LogP contribution in [0.25, 0.3) is 0 Å². The summed E-state index contributed by atoms with van der Waals surface area (Å²) in [6.45, 7) is 4.06. The second-order valence-corrected chi connectivity index (χ2v) is 5.30. The number of hydrogen-bond acceptors (Lipinski definition) is 11. The molecule has 1 unspecified atom stereocenters. The summed E-state index contributed by atoms with van der Waals surface area (Å²) in [6.07, 6.45) is -6.68. The quantitative estimate of drug-likeness (QED) is 0.314. The fourth-order valence-corrected chi connectivity index (χ4v) is 2.35. The first-order valence-electron chi connectivity index (χ1n) is 7.55. The molecule has 0 aliphatic carbocycles. The van der Waals surface area contributed by atoms with Gasteiger partial charge in [-0.1, -0.05) is 0 Å². The molecule has 1 fully saturated rings. The summed E-state index contributed by atoms with van der Waals surface area (Å²) in [5.41, 5.74) is 0. The zero-order valence-corrected chi connectivity index (χ0v) is 14.7. The zero-order chi connectivity index (χ0) is 19.9. The van der Waals surface area contributed by atoms with Crippen LogP contribution in [0.15, 0.2) is 0 Å². The first-order valence-corrected chi connectivity index (χ1v) is 7.55. The van der Waals surface area contributed by atoms with Crippen LogP contribution in [0.4, 0.5) is 0 Å². The van der Waals surface area contributed by atoms with E-state index in [0.717, 1.165) is 27.7 Å². The molecule has 26 heavy (non-hydrogen) atoms. The van der Waals surface area contributed by atoms with Gasteiger partial charge in [0.15, 0.2) is 12.2 Å². The maximum Gasteiger partial charge on any atom is 0.303 e. The number of carbonyl (C=O) groups excluding carboxylic acids is 5. The first-order chi connectivity index (χ1) is 12.1. The standard InChI is InChI=1S/C15H20O11/c1-7(17)21-5-11-12(23-8(2)18)13(24-9(3)19)14(25-10(4)20)15(26-11)22-6-16/h6,11-15H,5H2,1-4H3/t11-,12-,13+,14-,15?/m1/s1. The number of hydrogen-bond donors (Lipinski definition) is 0. The number of carbonyl (C=O) groups is 5. The van der Waals surface area contributed by atoms with E-state index in [2.05, 4.69) is 0 Å². The van der Waals surface area contributed by atoms with Crippen LogP contribution in [0.2, 0.25) is 0 Å². The van der Waals surface area contributed by atoms with Crippen LogP contribution < -0.4 is 0 Å². The molecule has 1 aliphatic heterocycles. The van der Waals surface area contributed by atoms with Crippen LogP contribution >= 0.6 is 0 Å². The van der Waals surface area contributed by atoms with Crippen molar-refractivity contribution in [2.45, 2.75) is 58.4 Å². The van der Waals surface area contributed by atoms with E-state index >= 15 is 0 Å². The van der Waals surface area contributed by atoms with Gasteiger partial charge in [-0.2, -0.15) is 0 Å². The summed E-state index contributed by atoms with van der Waals surface area (Å²) >= 11 is 0. The molecule has 0 spiro atoms. The lowest BCUT2D eigenvalue weighted by Crippen LogP contribution is -2.62. The normalized spacial score (nSPS) is 27.6. The highest BCUT2D eigenvalue weighted by molar-refractivity contribution is 5.68. The molecule has 1 aliphatic rings. The van der Waals surface area contributed by atoms with Gasteiger partial charge in [0.1, 0.15) is 12.7 Å².